The van der Waals surface area contributed by atoms with Crippen molar-refractivity contribution in [2.24, 2.45) is 0 Å². The van der Waals surface area contributed by atoms with Crippen molar-refractivity contribution < 1.29 is 19.7 Å². The van der Waals surface area contributed by atoms with Crippen LogP contribution in [-0.2, 0) is 9.47 Å². The molecule has 284 valence electrons. The normalized spacial score (nSPS) is 23.1. The predicted octanol–water partition coefficient (Wildman–Crippen LogP) is 11.5. The molecule has 0 aliphatic carbocycles. The minimum Gasteiger partial charge on any atom is -0.389 e. The van der Waals surface area contributed by atoms with E-state index in [9.17, 15) is 10.2 Å². The van der Waals surface area contributed by atoms with Crippen molar-refractivity contribution in [2.75, 3.05) is 20.1 Å². The molecule has 0 aromatic carbocycles. The third kappa shape index (κ3) is 21.0. The molecule has 49 heavy (non-hydrogen) atoms. The molecule has 2 fully saturated rings. The second-order valence-electron chi connectivity index (χ2n) is 15.1. The topological polar surface area (TPSA) is 62.2 Å². The number of hydrogen-bond donors (Lipinski definition) is 2. The van der Waals surface area contributed by atoms with E-state index in [1.54, 1.807) is 0 Å². The smallest absolute Gasteiger partial charge is 0.169 e. The SMILES string of the molecule is CCCCC/C=C\C/C=C\CCCCCCCCC1(CCCCCCCC/C=C\C/C=C\CCCCC)O[C@@H]2[C@H](O)[C@H](O)CN(C)C[C@H]2O1. The molecule has 0 saturated carbocycles. The molecule has 2 heterocycles. The summed E-state index contributed by atoms with van der Waals surface area (Å²) < 4.78 is 13.3. The Kier molecular flexibility index (Phi) is 26.3. The number of rotatable bonds is 30. The average molecular weight is 686 g/mol. The highest BCUT2D eigenvalue weighted by Crippen LogP contribution is 2.40. The second-order valence-corrected chi connectivity index (χ2v) is 15.1. The van der Waals surface area contributed by atoms with Crippen LogP contribution in [0.4, 0.5) is 0 Å². The van der Waals surface area contributed by atoms with Crippen molar-refractivity contribution in [2.45, 2.75) is 211 Å². The summed E-state index contributed by atoms with van der Waals surface area (Å²) in [6.07, 6.45) is 47.7. The van der Waals surface area contributed by atoms with Gasteiger partial charge in [0, 0.05) is 25.9 Å². The van der Waals surface area contributed by atoms with E-state index >= 15 is 0 Å². The molecular weight excluding hydrogens is 606 g/mol. The predicted molar refractivity (Wildman–Crippen MR) is 210 cm³/mol. The number of fused-ring (bicyclic) bond motifs is 1. The molecule has 0 spiro atoms. The van der Waals surface area contributed by atoms with Gasteiger partial charge in [-0.05, 0) is 84.1 Å². The standard InChI is InChI=1S/C44H79NO4/c1-4-6-8-10-12-14-16-18-20-22-24-26-28-30-32-34-36-44(48-41-39-45(3)38-40(46)42(47)43(41)49-44)37-35-33-31-29-27-25-23-21-19-17-15-13-11-9-7-5-2/h12-15,18-21,40-43,46-47H,4-11,16-17,22-39H2,1-3H3/b14-12-,15-13-,20-18-,21-19-/t40-,41-,42-,43+/m1/s1. The Morgan fingerprint density at radius 3 is 1.39 bits per heavy atom. The highest BCUT2D eigenvalue weighted by atomic mass is 16.8. The molecule has 2 aliphatic heterocycles. The number of likely N-dealkylation sites (tertiary alicyclic amines) is 1. The van der Waals surface area contributed by atoms with Crippen LogP contribution in [0.3, 0.4) is 0 Å². The first-order valence-corrected chi connectivity index (χ1v) is 21.0. The fourth-order valence-corrected chi connectivity index (χ4v) is 7.28. The van der Waals surface area contributed by atoms with E-state index in [0.717, 1.165) is 38.5 Å². The fourth-order valence-electron chi connectivity index (χ4n) is 7.28. The van der Waals surface area contributed by atoms with Crippen molar-refractivity contribution in [1.29, 1.82) is 0 Å². The second kappa shape index (κ2) is 29.3. The van der Waals surface area contributed by atoms with Crippen LogP contribution in [0.1, 0.15) is 181 Å². The van der Waals surface area contributed by atoms with Crippen LogP contribution >= 0.6 is 0 Å². The van der Waals surface area contributed by atoms with Crippen LogP contribution in [0.5, 0.6) is 0 Å². The molecule has 0 unspecified atom stereocenters. The molecule has 0 amide bonds. The van der Waals surface area contributed by atoms with Crippen LogP contribution in [0.25, 0.3) is 0 Å². The average Bonchev–Trinajstić information content (AvgIpc) is 3.40. The summed E-state index contributed by atoms with van der Waals surface area (Å²) in [5.74, 6) is -0.626. The summed E-state index contributed by atoms with van der Waals surface area (Å²) in [4.78, 5) is 2.07. The highest BCUT2D eigenvalue weighted by molar-refractivity contribution is 4.97. The number of hydrogen-bond acceptors (Lipinski definition) is 5. The lowest BCUT2D eigenvalue weighted by Crippen LogP contribution is -2.43. The van der Waals surface area contributed by atoms with Gasteiger partial charge in [0.25, 0.3) is 0 Å². The third-order valence-electron chi connectivity index (χ3n) is 10.3. The van der Waals surface area contributed by atoms with Crippen LogP contribution < -0.4 is 0 Å². The van der Waals surface area contributed by atoms with Crippen molar-refractivity contribution in [1.82, 2.24) is 4.90 Å². The fraction of sp³-hybridized carbons (Fsp3) is 0.818. The first-order valence-electron chi connectivity index (χ1n) is 21.0. The lowest BCUT2D eigenvalue weighted by molar-refractivity contribution is -0.201. The van der Waals surface area contributed by atoms with E-state index in [1.165, 1.54) is 128 Å². The number of nitrogens with zero attached hydrogens (tertiary/aromatic N) is 1. The quantitative estimate of drug-likeness (QED) is 0.0582. The van der Waals surface area contributed by atoms with Gasteiger partial charge in [0.1, 0.15) is 18.3 Å². The molecular formula is C44H79NO4. The van der Waals surface area contributed by atoms with Gasteiger partial charge in [0.15, 0.2) is 5.79 Å². The monoisotopic (exact) mass is 686 g/mol. The van der Waals surface area contributed by atoms with Crippen LogP contribution in [0.15, 0.2) is 48.6 Å². The number of unbranched alkanes of at least 4 members (excludes halogenated alkanes) is 18. The molecule has 2 rings (SSSR count). The van der Waals surface area contributed by atoms with E-state index in [4.69, 9.17) is 9.47 Å². The Morgan fingerprint density at radius 2 is 0.939 bits per heavy atom. The summed E-state index contributed by atoms with van der Waals surface area (Å²) in [5, 5.41) is 21.5. The molecule has 2 saturated heterocycles. The van der Waals surface area contributed by atoms with Crippen LogP contribution in [0.2, 0.25) is 0 Å². The van der Waals surface area contributed by atoms with Crippen molar-refractivity contribution in [3.05, 3.63) is 48.6 Å². The maximum atomic E-state index is 10.9. The number of ether oxygens (including phenoxy) is 2. The first-order chi connectivity index (χ1) is 24.0. The molecule has 0 aromatic heterocycles. The van der Waals surface area contributed by atoms with E-state index in [1.807, 2.05) is 7.05 Å². The summed E-state index contributed by atoms with van der Waals surface area (Å²) >= 11 is 0. The van der Waals surface area contributed by atoms with Gasteiger partial charge < -0.3 is 24.6 Å². The Labute approximate surface area is 303 Å². The summed E-state index contributed by atoms with van der Waals surface area (Å²) in [6, 6.07) is 0. The van der Waals surface area contributed by atoms with Crippen LogP contribution in [-0.4, -0.2) is 65.5 Å². The summed E-state index contributed by atoms with van der Waals surface area (Å²) in [6.45, 7) is 5.65. The zero-order chi connectivity index (χ0) is 35.3. The van der Waals surface area contributed by atoms with Gasteiger partial charge in [-0.3, -0.25) is 0 Å². The van der Waals surface area contributed by atoms with Gasteiger partial charge in [-0.25, -0.2) is 0 Å². The van der Waals surface area contributed by atoms with Gasteiger partial charge in [0.05, 0.1) is 6.10 Å². The first kappa shape index (κ1) is 43.9. The molecule has 5 heteroatoms. The van der Waals surface area contributed by atoms with Gasteiger partial charge in [0.2, 0.25) is 0 Å². The van der Waals surface area contributed by atoms with E-state index in [2.05, 4.69) is 67.4 Å². The van der Waals surface area contributed by atoms with Gasteiger partial charge in [-0.15, -0.1) is 0 Å². The minimum atomic E-state index is -0.899. The number of aliphatic hydroxyl groups is 2. The Bertz CT molecular complexity index is 834. The summed E-state index contributed by atoms with van der Waals surface area (Å²) in [7, 11) is 1.99. The molecule has 0 aromatic rings. The Hall–Kier alpha value is -1.24. The van der Waals surface area contributed by atoms with Crippen molar-refractivity contribution in [3.63, 3.8) is 0 Å². The van der Waals surface area contributed by atoms with Crippen LogP contribution in [0, 0.1) is 0 Å². The third-order valence-corrected chi connectivity index (χ3v) is 10.3. The number of likely N-dealkylation sites (N-methyl/N-ethyl adjacent to an activating group) is 1. The Balaban J connectivity index is 1.64. The molecule has 0 bridgehead atoms. The van der Waals surface area contributed by atoms with Gasteiger partial charge in [-0.2, -0.15) is 0 Å². The minimum absolute atomic E-state index is 0.189. The number of β-amino-alcohol motifs (C(OH)–C–C–N with tert-alkyl or cyclic N) is 1. The maximum absolute atomic E-state index is 10.9. The maximum Gasteiger partial charge on any atom is 0.169 e. The van der Waals surface area contributed by atoms with E-state index in [0.29, 0.717) is 13.1 Å². The number of aliphatic hydroxyl groups excluding tert-OH is 2. The zero-order valence-corrected chi connectivity index (χ0v) is 32.4. The highest BCUT2D eigenvalue weighted by Gasteiger charge is 2.52. The van der Waals surface area contributed by atoms with E-state index in [-0.39, 0.29) is 6.10 Å². The van der Waals surface area contributed by atoms with Gasteiger partial charge in [-0.1, -0.05) is 140 Å². The van der Waals surface area contributed by atoms with Crippen molar-refractivity contribution >= 4 is 0 Å². The molecule has 0 radical (unpaired) electrons. The van der Waals surface area contributed by atoms with Gasteiger partial charge >= 0.3 is 0 Å². The number of allylic oxidation sites excluding steroid dienone is 8. The lowest BCUT2D eigenvalue weighted by atomic mass is 9.98. The molecule has 2 aliphatic rings. The largest absolute Gasteiger partial charge is 0.389 e. The summed E-state index contributed by atoms with van der Waals surface area (Å²) in [5.41, 5.74) is 0. The lowest BCUT2D eigenvalue weighted by Gasteiger charge is -2.31. The van der Waals surface area contributed by atoms with Crippen molar-refractivity contribution in [3.8, 4) is 0 Å². The molecule has 5 nitrogen and oxygen atoms in total. The molecule has 4 atom stereocenters. The Morgan fingerprint density at radius 1 is 0.531 bits per heavy atom. The van der Waals surface area contributed by atoms with E-state index < -0.39 is 24.1 Å². The zero-order valence-electron chi connectivity index (χ0n) is 32.4. The molecule has 2 N–H and O–H groups in total.